The molecule has 7 heteroatoms. The molecule has 0 atom stereocenters. The van der Waals surface area contributed by atoms with Crippen molar-refractivity contribution >= 4 is 16.9 Å². The molecule has 0 aliphatic heterocycles. The number of imidazole rings is 1. The van der Waals surface area contributed by atoms with E-state index < -0.39 is 0 Å². The van der Waals surface area contributed by atoms with Gasteiger partial charge in [-0.15, -0.1) is 6.58 Å². The third-order valence-electron chi connectivity index (χ3n) is 6.34. The van der Waals surface area contributed by atoms with Gasteiger partial charge in [0.2, 0.25) is 0 Å². The van der Waals surface area contributed by atoms with E-state index in [1.165, 1.54) is 0 Å². The summed E-state index contributed by atoms with van der Waals surface area (Å²) in [4.78, 5) is 17.3. The monoisotopic (exact) mass is 513 g/mol. The van der Waals surface area contributed by atoms with Crippen LogP contribution in [0.2, 0.25) is 0 Å². The van der Waals surface area contributed by atoms with E-state index in [1.807, 2.05) is 42.5 Å². The molecule has 0 aliphatic carbocycles. The van der Waals surface area contributed by atoms with Crippen LogP contribution in [-0.4, -0.2) is 42.8 Å². The Kier molecular flexibility index (Phi) is 9.40. The number of carbonyl (C=O) groups excluding carboxylic acids is 1. The van der Waals surface area contributed by atoms with Gasteiger partial charge in [-0.2, -0.15) is 0 Å². The number of amides is 1. The molecule has 0 bridgehead atoms. The second-order valence-electron chi connectivity index (χ2n) is 8.94. The van der Waals surface area contributed by atoms with Crippen LogP contribution >= 0.6 is 0 Å². The van der Waals surface area contributed by atoms with Crippen molar-refractivity contribution < 1.29 is 19.0 Å². The first-order valence-electron chi connectivity index (χ1n) is 12.9. The van der Waals surface area contributed by atoms with Gasteiger partial charge in [0.1, 0.15) is 11.6 Å². The minimum absolute atomic E-state index is 0.0914. The molecule has 0 radical (unpaired) electrons. The lowest BCUT2D eigenvalue weighted by molar-refractivity contribution is 0.0953. The van der Waals surface area contributed by atoms with Crippen LogP contribution in [0.5, 0.6) is 17.2 Å². The Labute approximate surface area is 224 Å². The molecular weight excluding hydrogens is 478 g/mol. The van der Waals surface area contributed by atoms with E-state index in [4.69, 9.17) is 19.2 Å². The summed E-state index contributed by atoms with van der Waals surface area (Å²) in [5, 5.41) is 3.00. The SMILES string of the molecule is C=CCc1ccc(OCCCn2c(CCCNC(=O)c3ccc(OC)cc3)nc3ccccc32)c(OC)c1. The molecule has 0 saturated heterocycles. The molecule has 0 unspecified atom stereocenters. The predicted octanol–water partition coefficient (Wildman–Crippen LogP) is 5.61. The van der Waals surface area contributed by atoms with Crippen LogP contribution < -0.4 is 19.5 Å². The number of carbonyl (C=O) groups is 1. The molecule has 1 N–H and O–H groups in total. The topological polar surface area (TPSA) is 74.6 Å². The number of fused-ring (bicyclic) bond motifs is 1. The van der Waals surface area contributed by atoms with Crippen LogP contribution in [0, 0.1) is 0 Å². The van der Waals surface area contributed by atoms with Crippen molar-refractivity contribution in [3.8, 4) is 17.2 Å². The molecule has 4 aromatic rings. The van der Waals surface area contributed by atoms with Gasteiger partial charge in [0.05, 0.1) is 31.9 Å². The molecule has 4 rings (SSSR count). The first kappa shape index (κ1) is 26.8. The molecule has 1 aromatic heterocycles. The maximum atomic E-state index is 12.5. The van der Waals surface area contributed by atoms with E-state index >= 15 is 0 Å². The fourth-order valence-electron chi connectivity index (χ4n) is 4.39. The van der Waals surface area contributed by atoms with E-state index in [2.05, 4.69) is 22.5 Å². The average Bonchev–Trinajstić information content (AvgIpc) is 3.31. The highest BCUT2D eigenvalue weighted by molar-refractivity contribution is 5.94. The first-order chi connectivity index (χ1) is 18.6. The average molecular weight is 514 g/mol. The fourth-order valence-corrected chi connectivity index (χ4v) is 4.39. The summed E-state index contributed by atoms with van der Waals surface area (Å²) >= 11 is 0. The number of nitrogens with one attached hydrogen (secondary N) is 1. The Balaban J connectivity index is 1.32. The molecule has 198 valence electrons. The van der Waals surface area contributed by atoms with Gasteiger partial charge in [0.15, 0.2) is 11.5 Å². The van der Waals surface area contributed by atoms with Gasteiger partial charge < -0.3 is 24.1 Å². The highest BCUT2D eigenvalue weighted by atomic mass is 16.5. The second kappa shape index (κ2) is 13.3. The van der Waals surface area contributed by atoms with Gasteiger partial charge in [0.25, 0.3) is 5.91 Å². The van der Waals surface area contributed by atoms with E-state index in [1.54, 1.807) is 38.5 Å². The number of aryl methyl sites for hydroxylation is 2. The number of methoxy groups -OCH3 is 2. The highest BCUT2D eigenvalue weighted by Gasteiger charge is 2.12. The summed E-state index contributed by atoms with van der Waals surface area (Å²) in [6.45, 7) is 5.70. The van der Waals surface area contributed by atoms with Crippen LogP contribution in [-0.2, 0) is 19.4 Å². The molecule has 38 heavy (non-hydrogen) atoms. The van der Waals surface area contributed by atoms with Gasteiger partial charge in [0, 0.05) is 25.1 Å². The lowest BCUT2D eigenvalue weighted by Gasteiger charge is -2.13. The fraction of sp³-hybridized carbons (Fsp3) is 0.290. The van der Waals surface area contributed by atoms with Crippen molar-refractivity contribution in [3.63, 3.8) is 0 Å². The number of nitrogens with zero attached hydrogens (tertiary/aromatic N) is 2. The van der Waals surface area contributed by atoms with Crippen molar-refractivity contribution in [3.05, 3.63) is 96.3 Å². The van der Waals surface area contributed by atoms with Crippen LogP contribution in [0.1, 0.15) is 34.6 Å². The molecule has 0 spiro atoms. The molecular formula is C31H35N3O4. The zero-order valence-electron chi connectivity index (χ0n) is 22.1. The molecule has 1 heterocycles. The third-order valence-corrected chi connectivity index (χ3v) is 6.34. The number of hydrogen-bond acceptors (Lipinski definition) is 5. The van der Waals surface area contributed by atoms with Crippen molar-refractivity contribution in [1.29, 1.82) is 0 Å². The van der Waals surface area contributed by atoms with Crippen LogP contribution in [0.4, 0.5) is 0 Å². The maximum Gasteiger partial charge on any atom is 0.251 e. The maximum absolute atomic E-state index is 12.5. The summed E-state index contributed by atoms with van der Waals surface area (Å²) in [5.41, 5.74) is 3.84. The first-order valence-corrected chi connectivity index (χ1v) is 12.9. The van der Waals surface area contributed by atoms with E-state index in [0.717, 1.165) is 71.9 Å². The quantitative estimate of drug-likeness (QED) is 0.175. The number of hydrogen-bond donors (Lipinski definition) is 1. The summed E-state index contributed by atoms with van der Waals surface area (Å²) in [7, 11) is 3.26. The Morgan fingerprint density at radius 2 is 1.82 bits per heavy atom. The van der Waals surface area contributed by atoms with Crippen molar-refractivity contribution in [2.75, 3.05) is 27.4 Å². The van der Waals surface area contributed by atoms with Gasteiger partial charge in [-0.3, -0.25) is 4.79 Å². The lowest BCUT2D eigenvalue weighted by atomic mass is 10.1. The normalized spacial score (nSPS) is 10.8. The Morgan fingerprint density at radius 3 is 2.58 bits per heavy atom. The molecule has 0 aliphatic rings. The highest BCUT2D eigenvalue weighted by Crippen LogP contribution is 2.28. The minimum atomic E-state index is -0.0914. The molecule has 0 fully saturated rings. The molecule has 1 amide bonds. The zero-order chi connectivity index (χ0) is 26.7. The lowest BCUT2D eigenvalue weighted by Crippen LogP contribution is -2.25. The Bertz CT molecular complexity index is 1360. The van der Waals surface area contributed by atoms with E-state index in [0.29, 0.717) is 18.7 Å². The van der Waals surface area contributed by atoms with Gasteiger partial charge >= 0.3 is 0 Å². The van der Waals surface area contributed by atoms with Gasteiger partial charge in [-0.1, -0.05) is 24.3 Å². The molecule has 7 nitrogen and oxygen atoms in total. The minimum Gasteiger partial charge on any atom is -0.497 e. The third kappa shape index (κ3) is 6.73. The van der Waals surface area contributed by atoms with Crippen LogP contribution in [0.15, 0.2) is 79.4 Å². The van der Waals surface area contributed by atoms with E-state index in [-0.39, 0.29) is 5.91 Å². The number of aromatic nitrogens is 2. The summed E-state index contributed by atoms with van der Waals surface area (Å²) < 4.78 is 19.0. The number of ether oxygens (including phenoxy) is 3. The molecule has 3 aromatic carbocycles. The smallest absolute Gasteiger partial charge is 0.251 e. The van der Waals surface area contributed by atoms with Gasteiger partial charge in [-0.05, 0) is 73.4 Å². The summed E-state index contributed by atoms with van der Waals surface area (Å²) in [6.07, 6.45) is 5.03. The predicted molar refractivity (Wildman–Crippen MR) is 150 cm³/mol. The van der Waals surface area contributed by atoms with Crippen molar-refractivity contribution in [2.24, 2.45) is 0 Å². The second-order valence-corrected chi connectivity index (χ2v) is 8.94. The number of allylic oxidation sites excluding steroid dienone is 1. The van der Waals surface area contributed by atoms with Crippen molar-refractivity contribution in [1.82, 2.24) is 14.9 Å². The Hall–Kier alpha value is -4.26. The largest absolute Gasteiger partial charge is 0.497 e. The number of para-hydroxylation sites is 2. The number of benzene rings is 3. The zero-order valence-corrected chi connectivity index (χ0v) is 22.1. The summed E-state index contributed by atoms with van der Waals surface area (Å²) in [5.74, 6) is 3.12. The van der Waals surface area contributed by atoms with Gasteiger partial charge in [-0.25, -0.2) is 4.98 Å². The van der Waals surface area contributed by atoms with E-state index in [9.17, 15) is 4.79 Å². The van der Waals surface area contributed by atoms with Crippen molar-refractivity contribution in [2.45, 2.75) is 32.2 Å². The number of rotatable bonds is 14. The van der Waals surface area contributed by atoms with Crippen LogP contribution in [0.25, 0.3) is 11.0 Å². The standard InChI is InChI=1S/C31H35N3O4/c1-4-9-23-13-18-28(29(22-23)37-3)38-21-8-20-34-27-11-6-5-10-26(27)33-30(34)12-7-19-32-31(35)24-14-16-25(36-2)17-15-24/h4-6,10-11,13-18,22H,1,7-9,12,19-21H2,2-3H3,(H,32,35). The molecule has 0 saturated carbocycles. The van der Waals surface area contributed by atoms with Crippen LogP contribution in [0.3, 0.4) is 0 Å². The Morgan fingerprint density at radius 1 is 1.00 bits per heavy atom. The summed E-state index contributed by atoms with van der Waals surface area (Å²) in [6, 6.07) is 21.3.